The van der Waals surface area contributed by atoms with Crippen molar-refractivity contribution < 1.29 is 4.79 Å². The van der Waals surface area contributed by atoms with Gasteiger partial charge < -0.3 is 10.6 Å². The van der Waals surface area contributed by atoms with Crippen molar-refractivity contribution in [1.29, 1.82) is 0 Å². The van der Waals surface area contributed by atoms with Gasteiger partial charge in [0.25, 0.3) is 0 Å². The zero-order valence-corrected chi connectivity index (χ0v) is 7.36. The predicted octanol–water partition coefficient (Wildman–Crippen LogP) is 2.03. The molecule has 0 aromatic carbocycles. The monoisotopic (exact) mass is 182 g/mol. The highest BCUT2D eigenvalue weighted by molar-refractivity contribution is 7.08. The minimum absolute atomic E-state index is 0.0871. The van der Waals surface area contributed by atoms with Crippen LogP contribution < -0.4 is 10.6 Å². The minimum Gasteiger partial charge on any atom is -0.335 e. The van der Waals surface area contributed by atoms with Gasteiger partial charge in [0.05, 0.1) is 5.69 Å². The molecule has 1 fully saturated rings. The maximum Gasteiger partial charge on any atom is 0.319 e. The van der Waals surface area contributed by atoms with E-state index in [-0.39, 0.29) is 6.03 Å². The van der Waals surface area contributed by atoms with Gasteiger partial charge in [0.15, 0.2) is 0 Å². The number of anilines is 1. The van der Waals surface area contributed by atoms with Gasteiger partial charge in [-0.1, -0.05) is 0 Å². The Morgan fingerprint density at radius 1 is 1.58 bits per heavy atom. The van der Waals surface area contributed by atoms with Crippen LogP contribution >= 0.6 is 11.3 Å². The number of urea groups is 1. The molecule has 1 saturated carbocycles. The predicted molar refractivity (Wildman–Crippen MR) is 49.5 cm³/mol. The summed E-state index contributed by atoms with van der Waals surface area (Å²) in [6, 6.07) is 2.22. The quantitative estimate of drug-likeness (QED) is 0.722. The van der Waals surface area contributed by atoms with Crippen molar-refractivity contribution in [3.63, 3.8) is 0 Å². The third-order valence-electron chi connectivity index (χ3n) is 1.69. The highest BCUT2D eigenvalue weighted by Gasteiger charge is 2.22. The fourth-order valence-electron chi connectivity index (χ4n) is 0.916. The van der Waals surface area contributed by atoms with Gasteiger partial charge in [-0.3, -0.25) is 0 Å². The van der Waals surface area contributed by atoms with Crippen molar-refractivity contribution in [3.8, 4) is 0 Å². The normalized spacial score (nSPS) is 15.7. The van der Waals surface area contributed by atoms with E-state index in [4.69, 9.17) is 0 Å². The van der Waals surface area contributed by atoms with Gasteiger partial charge in [0, 0.05) is 11.4 Å². The molecule has 64 valence electrons. The summed E-state index contributed by atoms with van der Waals surface area (Å²) in [4.78, 5) is 11.1. The molecule has 1 aliphatic carbocycles. The van der Waals surface area contributed by atoms with Crippen LogP contribution in [-0.4, -0.2) is 12.1 Å². The number of carbonyl (C=O) groups is 1. The maximum atomic E-state index is 11.1. The Labute approximate surface area is 74.8 Å². The fourth-order valence-corrected chi connectivity index (χ4v) is 1.50. The largest absolute Gasteiger partial charge is 0.335 e. The lowest BCUT2D eigenvalue weighted by Gasteiger charge is -2.02. The molecule has 1 aromatic rings. The Kier molecular flexibility index (Phi) is 1.99. The van der Waals surface area contributed by atoms with Crippen molar-refractivity contribution in [1.82, 2.24) is 5.32 Å². The smallest absolute Gasteiger partial charge is 0.319 e. The van der Waals surface area contributed by atoms with Gasteiger partial charge in [-0.2, -0.15) is 11.3 Å². The molecule has 12 heavy (non-hydrogen) atoms. The van der Waals surface area contributed by atoms with Gasteiger partial charge in [0.2, 0.25) is 0 Å². The van der Waals surface area contributed by atoms with Crippen LogP contribution in [0.15, 0.2) is 16.8 Å². The average Bonchev–Trinajstić information content (AvgIpc) is 2.66. The van der Waals surface area contributed by atoms with E-state index >= 15 is 0 Å². The van der Waals surface area contributed by atoms with Crippen molar-refractivity contribution >= 4 is 23.1 Å². The second kappa shape index (κ2) is 3.15. The first-order chi connectivity index (χ1) is 5.84. The second-order valence-corrected chi connectivity index (χ2v) is 3.66. The molecule has 3 nitrogen and oxygen atoms in total. The molecular formula is C8H10N2OS. The standard InChI is InChI=1S/C8H10N2OS/c11-8(9-6-1-2-6)10-7-3-4-12-5-7/h3-6H,1-2H2,(H2,9,10,11). The topological polar surface area (TPSA) is 41.1 Å². The first kappa shape index (κ1) is 7.61. The number of hydrogen-bond acceptors (Lipinski definition) is 2. The number of nitrogens with one attached hydrogen (secondary N) is 2. The van der Waals surface area contributed by atoms with Crippen molar-refractivity contribution in [2.75, 3.05) is 5.32 Å². The molecule has 0 atom stereocenters. The second-order valence-electron chi connectivity index (χ2n) is 2.88. The summed E-state index contributed by atoms with van der Waals surface area (Å²) in [6.07, 6.45) is 2.24. The summed E-state index contributed by atoms with van der Waals surface area (Å²) in [5.74, 6) is 0. The van der Waals surface area contributed by atoms with E-state index in [1.165, 1.54) is 0 Å². The van der Waals surface area contributed by atoms with E-state index in [1.54, 1.807) is 11.3 Å². The molecule has 0 aliphatic heterocycles. The van der Waals surface area contributed by atoms with Crippen LogP contribution in [0.4, 0.5) is 10.5 Å². The van der Waals surface area contributed by atoms with Crippen molar-refractivity contribution in [2.24, 2.45) is 0 Å². The average molecular weight is 182 g/mol. The Hall–Kier alpha value is -1.03. The van der Waals surface area contributed by atoms with E-state index in [1.807, 2.05) is 16.8 Å². The van der Waals surface area contributed by atoms with E-state index in [0.29, 0.717) is 6.04 Å². The van der Waals surface area contributed by atoms with E-state index in [2.05, 4.69) is 10.6 Å². The molecule has 0 saturated heterocycles. The molecule has 4 heteroatoms. The van der Waals surface area contributed by atoms with Crippen molar-refractivity contribution in [3.05, 3.63) is 16.8 Å². The van der Waals surface area contributed by atoms with E-state index in [0.717, 1.165) is 18.5 Å². The third kappa shape index (κ3) is 1.98. The van der Waals surface area contributed by atoms with Crippen LogP contribution in [0.5, 0.6) is 0 Å². The third-order valence-corrected chi connectivity index (χ3v) is 2.37. The summed E-state index contributed by atoms with van der Waals surface area (Å²) in [5, 5.41) is 9.45. The van der Waals surface area contributed by atoms with Gasteiger partial charge >= 0.3 is 6.03 Å². The number of hydrogen-bond donors (Lipinski definition) is 2. The minimum atomic E-state index is -0.0871. The van der Waals surface area contributed by atoms with Crippen LogP contribution in [-0.2, 0) is 0 Å². The number of rotatable bonds is 2. The zero-order valence-electron chi connectivity index (χ0n) is 6.54. The summed E-state index contributed by atoms with van der Waals surface area (Å²) in [6.45, 7) is 0. The molecule has 1 heterocycles. The van der Waals surface area contributed by atoms with Gasteiger partial charge in [-0.15, -0.1) is 0 Å². The summed E-state index contributed by atoms with van der Waals surface area (Å²) in [5.41, 5.74) is 0.873. The van der Waals surface area contributed by atoms with Crippen LogP contribution in [0.2, 0.25) is 0 Å². The SMILES string of the molecule is O=C(Nc1ccsc1)NC1CC1. The van der Waals surface area contributed by atoms with Crippen LogP contribution in [0.25, 0.3) is 0 Å². The fraction of sp³-hybridized carbons (Fsp3) is 0.375. The Morgan fingerprint density at radius 3 is 3.00 bits per heavy atom. The molecule has 1 aromatic heterocycles. The number of carbonyl (C=O) groups excluding carboxylic acids is 1. The highest BCUT2D eigenvalue weighted by atomic mass is 32.1. The van der Waals surface area contributed by atoms with Gasteiger partial charge in [-0.05, 0) is 24.3 Å². The number of amides is 2. The first-order valence-electron chi connectivity index (χ1n) is 3.94. The Morgan fingerprint density at radius 2 is 2.42 bits per heavy atom. The molecular weight excluding hydrogens is 172 g/mol. The molecule has 0 spiro atoms. The molecule has 0 bridgehead atoms. The molecule has 0 unspecified atom stereocenters. The first-order valence-corrected chi connectivity index (χ1v) is 4.88. The van der Waals surface area contributed by atoms with Gasteiger partial charge in [0.1, 0.15) is 0 Å². The lowest BCUT2D eigenvalue weighted by atomic mass is 10.5. The summed E-state index contributed by atoms with van der Waals surface area (Å²) >= 11 is 1.57. The van der Waals surface area contributed by atoms with Gasteiger partial charge in [-0.25, -0.2) is 4.79 Å². The van der Waals surface area contributed by atoms with Crippen LogP contribution in [0.3, 0.4) is 0 Å². The molecule has 1 aliphatic rings. The zero-order chi connectivity index (χ0) is 8.39. The Bertz CT molecular complexity index is 267. The molecule has 2 N–H and O–H groups in total. The molecule has 0 radical (unpaired) electrons. The van der Waals surface area contributed by atoms with E-state index < -0.39 is 0 Å². The van der Waals surface area contributed by atoms with Crippen LogP contribution in [0, 0.1) is 0 Å². The lowest BCUT2D eigenvalue weighted by molar-refractivity contribution is 0.251. The Balaban J connectivity index is 1.82. The van der Waals surface area contributed by atoms with E-state index in [9.17, 15) is 4.79 Å². The summed E-state index contributed by atoms with van der Waals surface area (Å²) in [7, 11) is 0. The summed E-state index contributed by atoms with van der Waals surface area (Å²) < 4.78 is 0. The molecule has 2 amide bonds. The number of thiophene rings is 1. The molecule has 2 rings (SSSR count). The lowest BCUT2D eigenvalue weighted by Crippen LogP contribution is -2.30. The van der Waals surface area contributed by atoms with Crippen LogP contribution in [0.1, 0.15) is 12.8 Å². The van der Waals surface area contributed by atoms with Crippen molar-refractivity contribution in [2.45, 2.75) is 18.9 Å². The highest BCUT2D eigenvalue weighted by Crippen LogP contribution is 2.19. The maximum absolute atomic E-state index is 11.1.